The van der Waals surface area contributed by atoms with E-state index in [0.717, 1.165) is 0 Å². The highest BCUT2D eigenvalue weighted by Gasteiger charge is 2.54. The zero-order valence-corrected chi connectivity index (χ0v) is 14.7. The number of nitrogens with one attached hydrogen (secondary N) is 1. The summed E-state index contributed by atoms with van der Waals surface area (Å²) in [5.74, 6) is -0.173. The first kappa shape index (κ1) is 17.3. The van der Waals surface area contributed by atoms with Gasteiger partial charge in [-0.3, -0.25) is 9.59 Å². The van der Waals surface area contributed by atoms with Crippen LogP contribution in [0.4, 0.5) is 4.79 Å². The molecule has 2 aliphatic heterocycles. The molecule has 0 atom stereocenters. The van der Waals surface area contributed by atoms with Crippen LogP contribution in [0.25, 0.3) is 0 Å². The predicted octanol–water partition coefficient (Wildman–Crippen LogP) is 1.23. The molecule has 2 saturated heterocycles. The fraction of sp³-hybridized carbons (Fsp3) is 0.588. The van der Waals surface area contributed by atoms with Gasteiger partial charge in [-0.05, 0) is 32.9 Å². The number of hydrogen-bond donors (Lipinski definition) is 1. The summed E-state index contributed by atoms with van der Waals surface area (Å²) in [7, 11) is 0. The van der Waals surface area contributed by atoms with Crippen LogP contribution in [-0.2, 0) is 9.53 Å². The van der Waals surface area contributed by atoms with Crippen molar-refractivity contribution in [2.45, 2.75) is 38.3 Å². The fourth-order valence-electron chi connectivity index (χ4n) is 3.25. The first-order chi connectivity index (χ1) is 11.7. The van der Waals surface area contributed by atoms with E-state index in [1.54, 1.807) is 37.8 Å². The maximum absolute atomic E-state index is 12.8. The summed E-state index contributed by atoms with van der Waals surface area (Å²) in [6.45, 7) is 6.67. The molecule has 1 aromatic heterocycles. The van der Waals surface area contributed by atoms with Crippen molar-refractivity contribution >= 4 is 17.9 Å². The summed E-state index contributed by atoms with van der Waals surface area (Å²) in [4.78, 5) is 40.2. The Morgan fingerprint density at radius 2 is 2.04 bits per heavy atom. The van der Waals surface area contributed by atoms with Crippen LogP contribution < -0.4 is 5.32 Å². The minimum atomic E-state index is -0.721. The van der Waals surface area contributed by atoms with Crippen molar-refractivity contribution in [1.82, 2.24) is 15.1 Å². The van der Waals surface area contributed by atoms with E-state index in [2.05, 4.69) is 5.32 Å². The Labute approximate surface area is 146 Å². The Hall–Kier alpha value is -2.51. The van der Waals surface area contributed by atoms with Gasteiger partial charge in [0, 0.05) is 26.2 Å². The third-order valence-electron chi connectivity index (χ3n) is 4.32. The molecule has 0 bridgehead atoms. The van der Waals surface area contributed by atoms with Crippen LogP contribution in [0.2, 0.25) is 0 Å². The van der Waals surface area contributed by atoms with Gasteiger partial charge in [-0.2, -0.15) is 0 Å². The molecule has 8 nitrogen and oxygen atoms in total. The van der Waals surface area contributed by atoms with Gasteiger partial charge < -0.3 is 24.3 Å². The summed E-state index contributed by atoms with van der Waals surface area (Å²) >= 11 is 0. The second-order valence-corrected chi connectivity index (χ2v) is 7.52. The molecule has 136 valence electrons. The molecule has 0 aromatic carbocycles. The van der Waals surface area contributed by atoms with E-state index in [4.69, 9.17) is 9.15 Å². The van der Waals surface area contributed by atoms with Crippen molar-refractivity contribution in [3.05, 3.63) is 24.2 Å². The molecule has 1 spiro atoms. The number of likely N-dealkylation sites (tertiary alicyclic amines) is 1. The smallest absolute Gasteiger partial charge is 0.410 e. The molecule has 1 N–H and O–H groups in total. The first-order valence-electron chi connectivity index (χ1n) is 8.30. The van der Waals surface area contributed by atoms with E-state index in [1.807, 2.05) is 0 Å². The van der Waals surface area contributed by atoms with E-state index in [1.165, 1.54) is 11.2 Å². The van der Waals surface area contributed by atoms with E-state index in [0.29, 0.717) is 13.1 Å². The summed E-state index contributed by atoms with van der Waals surface area (Å²) in [6.07, 6.45) is 1.15. The maximum atomic E-state index is 12.8. The van der Waals surface area contributed by atoms with Crippen LogP contribution in [-0.4, -0.2) is 65.0 Å². The first-order valence-corrected chi connectivity index (χ1v) is 8.30. The second-order valence-electron chi connectivity index (χ2n) is 7.52. The number of carbonyl (C=O) groups is 3. The third kappa shape index (κ3) is 3.47. The molecule has 0 saturated carbocycles. The Balaban J connectivity index is 1.78. The van der Waals surface area contributed by atoms with Crippen LogP contribution in [0.15, 0.2) is 22.8 Å². The van der Waals surface area contributed by atoms with Gasteiger partial charge in [0.25, 0.3) is 5.91 Å². The highest BCUT2D eigenvalue weighted by atomic mass is 16.6. The quantitative estimate of drug-likeness (QED) is 0.823. The van der Waals surface area contributed by atoms with Gasteiger partial charge in [-0.15, -0.1) is 0 Å². The highest BCUT2D eigenvalue weighted by molar-refractivity contribution is 5.93. The number of ether oxygens (including phenoxy) is 1. The molecule has 8 heteroatoms. The molecule has 1 aromatic rings. The lowest BCUT2D eigenvalue weighted by Gasteiger charge is -2.54. The Morgan fingerprint density at radius 3 is 2.64 bits per heavy atom. The monoisotopic (exact) mass is 349 g/mol. The maximum Gasteiger partial charge on any atom is 0.410 e. The summed E-state index contributed by atoms with van der Waals surface area (Å²) < 4.78 is 10.6. The summed E-state index contributed by atoms with van der Waals surface area (Å²) in [5.41, 5.74) is -1.31. The average Bonchev–Trinajstić information content (AvgIpc) is 2.93. The zero-order chi connectivity index (χ0) is 18.2. The fourth-order valence-corrected chi connectivity index (χ4v) is 3.25. The number of rotatable bonds is 1. The Bertz CT molecular complexity index is 671. The second kappa shape index (κ2) is 6.09. The molecule has 0 radical (unpaired) electrons. The van der Waals surface area contributed by atoms with Crippen LogP contribution >= 0.6 is 0 Å². The lowest BCUT2D eigenvalue weighted by molar-refractivity contribution is -0.125. The van der Waals surface area contributed by atoms with Crippen LogP contribution in [0.1, 0.15) is 37.7 Å². The van der Waals surface area contributed by atoms with Crippen molar-refractivity contribution in [3.63, 3.8) is 0 Å². The van der Waals surface area contributed by atoms with Crippen molar-refractivity contribution < 1.29 is 23.5 Å². The van der Waals surface area contributed by atoms with Crippen molar-refractivity contribution in [2.24, 2.45) is 0 Å². The molecule has 3 rings (SSSR count). The number of amides is 3. The zero-order valence-electron chi connectivity index (χ0n) is 14.7. The SMILES string of the molecule is CC(C)(C)OC(=O)N1CC2(CC(=O)NCCN2C(=O)c2ccco2)C1. The average molecular weight is 349 g/mol. The topological polar surface area (TPSA) is 92.1 Å². The molecular formula is C17H23N3O5. The van der Waals surface area contributed by atoms with Gasteiger partial charge in [0.05, 0.1) is 18.2 Å². The number of nitrogens with zero attached hydrogens (tertiary/aromatic N) is 2. The Kier molecular flexibility index (Phi) is 4.22. The lowest BCUT2D eigenvalue weighted by Crippen LogP contribution is -2.72. The molecule has 3 heterocycles. The standard InChI is InChI=1S/C17H23N3O5/c1-16(2,3)25-15(23)19-10-17(11-19)9-13(21)18-6-7-20(17)14(22)12-5-4-8-24-12/h4-5,8H,6-7,9-11H2,1-3H3,(H,18,21). The van der Waals surface area contributed by atoms with E-state index < -0.39 is 17.2 Å². The van der Waals surface area contributed by atoms with E-state index in [-0.39, 0.29) is 37.1 Å². The van der Waals surface area contributed by atoms with Gasteiger partial charge in [-0.1, -0.05) is 0 Å². The highest BCUT2D eigenvalue weighted by Crippen LogP contribution is 2.34. The minimum absolute atomic E-state index is 0.126. The number of hydrogen-bond acceptors (Lipinski definition) is 5. The number of furan rings is 1. The third-order valence-corrected chi connectivity index (χ3v) is 4.32. The van der Waals surface area contributed by atoms with Crippen LogP contribution in [0.3, 0.4) is 0 Å². The van der Waals surface area contributed by atoms with Gasteiger partial charge in [0.1, 0.15) is 5.60 Å². The van der Waals surface area contributed by atoms with Gasteiger partial charge in [0.2, 0.25) is 5.91 Å². The van der Waals surface area contributed by atoms with Crippen LogP contribution in [0.5, 0.6) is 0 Å². The molecule has 25 heavy (non-hydrogen) atoms. The molecule has 3 amide bonds. The minimum Gasteiger partial charge on any atom is -0.459 e. The molecular weight excluding hydrogens is 326 g/mol. The van der Waals surface area contributed by atoms with Gasteiger partial charge in [0.15, 0.2) is 5.76 Å². The summed E-state index contributed by atoms with van der Waals surface area (Å²) in [6, 6.07) is 3.25. The Morgan fingerprint density at radius 1 is 1.32 bits per heavy atom. The molecule has 0 aliphatic carbocycles. The van der Waals surface area contributed by atoms with Crippen LogP contribution in [0, 0.1) is 0 Å². The molecule has 2 aliphatic rings. The lowest BCUT2D eigenvalue weighted by atomic mass is 9.84. The number of carbonyl (C=O) groups excluding carboxylic acids is 3. The normalized spacial score (nSPS) is 19.9. The van der Waals surface area contributed by atoms with Crippen molar-refractivity contribution in [3.8, 4) is 0 Å². The predicted molar refractivity (Wildman–Crippen MR) is 87.9 cm³/mol. The van der Waals surface area contributed by atoms with E-state index >= 15 is 0 Å². The van der Waals surface area contributed by atoms with Crippen molar-refractivity contribution in [2.75, 3.05) is 26.2 Å². The van der Waals surface area contributed by atoms with Gasteiger partial charge >= 0.3 is 6.09 Å². The summed E-state index contributed by atoms with van der Waals surface area (Å²) in [5, 5.41) is 2.78. The molecule has 0 unspecified atom stereocenters. The molecule has 2 fully saturated rings. The van der Waals surface area contributed by atoms with Gasteiger partial charge in [-0.25, -0.2) is 4.79 Å². The van der Waals surface area contributed by atoms with E-state index in [9.17, 15) is 14.4 Å². The largest absolute Gasteiger partial charge is 0.459 e. The van der Waals surface area contributed by atoms with Crippen molar-refractivity contribution in [1.29, 1.82) is 0 Å².